The van der Waals surface area contributed by atoms with Gasteiger partial charge in [0.2, 0.25) is 0 Å². The molecule has 0 spiro atoms. The fourth-order valence-electron chi connectivity index (χ4n) is 2.32. The van der Waals surface area contributed by atoms with Crippen molar-refractivity contribution in [1.82, 2.24) is 0 Å². The molecular formula is C15H14N2OS. The van der Waals surface area contributed by atoms with Crippen LogP contribution in [0.25, 0.3) is 0 Å². The van der Waals surface area contributed by atoms with E-state index in [4.69, 9.17) is 5.73 Å². The first-order chi connectivity index (χ1) is 9.15. The molecule has 0 saturated carbocycles. The number of ketones is 1. The van der Waals surface area contributed by atoms with Gasteiger partial charge in [-0.2, -0.15) is 0 Å². The van der Waals surface area contributed by atoms with Crippen LogP contribution in [0.3, 0.4) is 0 Å². The lowest BCUT2D eigenvalue weighted by molar-refractivity contribution is 0.0999. The van der Waals surface area contributed by atoms with Crippen molar-refractivity contribution in [2.75, 3.05) is 0 Å². The van der Waals surface area contributed by atoms with Gasteiger partial charge in [0, 0.05) is 11.3 Å². The van der Waals surface area contributed by atoms with Gasteiger partial charge in [-0.25, -0.2) is 4.99 Å². The molecule has 1 aliphatic rings. The minimum atomic E-state index is 0.0931. The van der Waals surface area contributed by atoms with Crippen LogP contribution in [-0.4, -0.2) is 11.6 Å². The van der Waals surface area contributed by atoms with E-state index in [1.807, 2.05) is 25.1 Å². The fourth-order valence-corrected chi connectivity index (χ4v) is 3.58. The van der Waals surface area contributed by atoms with E-state index in [0.717, 1.165) is 22.5 Å². The summed E-state index contributed by atoms with van der Waals surface area (Å²) in [5.41, 5.74) is 8.76. The first-order valence-corrected chi connectivity index (χ1v) is 6.99. The molecule has 2 heterocycles. The van der Waals surface area contributed by atoms with Crippen molar-refractivity contribution in [3.05, 3.63) is 51.9 Å². The summed E-state index contributed by atoms with van der Waals surface area (Å²) in [6.07, 6.45) is 1.09. The highest BCUT2D eigenvalue weighted by molar-refractivity contribution is 7.16. The Bertz CT molecular complexity index is 671. The summed E-state index contributed by atoms with van der Waals surface area (Å²) in [4.78, 5) is 17.5. The van der Waals surface area contributed by atoms with Crippen LogP contribution in [0.4, 0.5) is 5.00 Å². The van der Waals surface area contributed by atoms with E-state index in [2.05, 4.69) is 17.1 Å². The molecule has 96 valence electrons. The largest absolute Gasteiger partial charge is 0.387 e. The van der Waals surface area contributed by atoms with Crippen molar-refractivity contribution < 1.29 is 4.79 Å². The lowest BCUT2D eigenvalue weighted by atomic mass is 10.0. The summed E-state index contributed by atoms with van der Waals surface area (Å²) in [6.45, 7) is 2.00. The molecule has 0 saturated heterocycles. The van der Waals surface area contributed by atoms with Crippen LogP contribution in [0.5, 0.6) is 0 Å². The van der Waals surface area contributed by atoms with E-state index >= 15 is 0 Å². The number of benzene rings is 1. The van der Waals surface area contributed by atoms with Gasteiger partial charge in [0.15, 0.2) is 5.78 Å². The van der Waals surface area contributed by atoms with Crippen LogP contribution in [0.2, 0.25) is 0 Å². The number of rotatable bonds is 2. The highest BCUT2D eigenvalue weighted by Gasteiger charge is 2.25. The lowest BCUT2D eigenvalue weighted by Crippen LogP contribution is -2.20. The van der Waals surface area contributed by atoms with Crippen molar-refractivity contribution in [1.29, 1.82) is 0 Å². The van der Waals surface area contributed by atoms with E-state index in [0.29, 0.717) is 5.84 Å². The van der Waals surface area contributed by atoms with E-state index in [1.54, 1.807) is 11.3 Å². The molecule has 0 fully saturated rings. The molecule has 19 heavy (non-hydrogen) atoms. The maximum Gasteiger partial charge on any atom is 0.173 e. The van der Waals surface area contributed by atoms with Gasteiger partial charge in [0.05, 0.1) is 12.0 Å². The maximum absolute atomic E-state index is 12.0. The molecule has 0 atom stereocenters. The quantitative estimate of drug-likeness (QED) is 0.911. The number of fused-ring (bicyclic) bond motifs is 1. The summed E-state index contributed by atoms with van der Waals surface area (Å²) in [5.74, 6) is 0.514. The highest BCUT2D eigenvalue weighted by atomic mass is 32.1. The minimum absolute atomic E-state index is 0.0931. The molecule has 1 aliphatic heterocycles. The van der Waals surface area contributed by atoms with Crippen LogP contribution in [0.15, 0.2) is 35.3 Å². The van der Waals surface area contributed by atoms with Gasteiger partial charge in [-0.15, -0.1) is 11.3 Å². The first-order valence-electron chi connectivity index (χ1n) is 6.17. The Labute approximate surface area is 115 Å². The zero-order valence-electron chi connectivity index (χ0n) is 10.6. The molecule has 3 nitrogen and oxygen atoms in total. The van der Waals surface area contributed by atoms with Crippen molar-refractivity contribution in [3.8, 4) is 0 Å². The van der Waals surface area contributed by atoms with Crippen molar-refractivity contribution >= 4 is 28.0 Å². The summed E-state index contributed by atoms with van der Waals surface area (Å²) in [6, 6.07) is 10.2. The molecule has 0 aliphatic carbocycles. The zero-order chi connectivity index (χ0) is 13.4. The van der Waals surface area contributed by atoms with Gasteiger partial charge in [-0.1, -0.05) is 30.3 Å². The molecule has 2 aromatic rings. The number of Topliss-reactive ketones (excluding diaryl/α,β-unsaturated/α-hetero) is 1. The third kappa shape index (κ3) is 2.19. The Kier molecular flexibility index (Phi) is 2.95. The molecule has 0 amide bonds. The smallest absolute Gasteiger partial charge is 0.173 e. The highest BCUT2D eigenvalue weighted by Crippen LogP contribution is 2.39. The Morgan fingerprint density at radius 3 is 2.79 bits per heavy atom. The first kappa shape index (κ1) is 12.1. The van der Waals surface area contributed by atoms with E-state index in [-0.39, 0.29) is 12.2 Å². The number of nitrogens with zero attached hydrogens (tertiary/aromatic N) is 1. The number of thiophene rings is 1. The van der Waals surface area contributed by atoms with Gasteiger partial charge in [-0.05, 0) is 18.1 Å². The number of hydrogen-bond donors (Lipinski definition) is 1. The van der Waals surface area contributed by atoms with Gasteiger partial charge in [0.1, 0.15) is 10.8 Å². The zero-order valence-corrected chi connectivity index (χ0v) is 11.5. The Morgan fingerprint density at radius 2 is 2.05 bits per heavy atom. The maximum atomic E-state index is 12.0. The number of aliphatic imine (C=N–C) groups is 1. The molecular weight excluding hydrogens is 256 g/mol. The summed E-state index contributed by atoms with van der Waals surface area (Å²) in [7, 11) is 0. The average molecular weight is 270 g/mol. The monoisotopic (exact) mass is 270 g/mol. The molecule has 1 aromatic heterocycles. The predicted molar refractivity (Wildman–Crippen MR) is 78.5 cm³/mol. The summed E-state index contributed by atoms with van der Waals surface area (Å²) < 4.78 is 0. The van der Waals surface area contributed by atoms with Crippen LogP contribution >= 0.6 is 11.3 Å². The van der Waals surface area contributed by atoms with Gasteiger partial charge in [0.25, 0.3) is 0 Å². The van der Waals surface area contributed by atoms with Crippen LogP contribution in [-0.2, 0) is 6.42 Å². The van der Waals surface area contributed by atoms with Gasteiger partial charge < -0.3 is 5.73 Å². The minimum Gasteiger partial charge on any atom is -0.387 e. The second-order valence-electron chi connectivity index (χ2n) is 4.70. The van der Waals surface area contributed by atoms with Gasteiger partial charge >= 0.3 is 0 Å². The number of amidine groups is 1. The Balaban J connectivity index is 2.01. The molecule has 3 rings (SSSR count). The molecule has 0 unspecified atom stereocenters. The predicted octanol–water partition coefficient (Wildman–Crippen LogP) is 3.22. The summed E-state index contributed by atoms with van der Waals surface area (Å²) >= 11 is 1.58. The Hall–Kier alpha value is -1.94. The van der Waals surface area contributed by atoms with Gasteiger partial charge in [-0.3, -0.25) is 4.79 Å². The van der Waals surface area contributed by atoms with Crippen LogP contribution in [0.1, 0.15) is 32.8 Å². The fraction of sp³-hybridized carbons (Fsp3) is 0.200. The van der Waals surface area contributed by atoms with E-state index in [1.165, 1.54) is 10.4 Å². The number of nitrogens with two attached hydrogens (primary N) is 1. The van der Waals surface area contributed by atoms with Crippen molar-refractivity contribution in [3.63, 3.8) is 0 Å². The third-order valence-corrected chi connectivity index (χ3v) is 4.49. The normalized spacial score (nSPS) is 14.2. The topological polar surface area (TPSA) is 55.5 Å². The van der Waals surface area contributed by atoms with Crippen LogP contribution in [0, 0.1) is 6.92 Å². The van der Waals surface area contributed by atoms with E-state index < -0.39 is 0 Å². The number of carbonyl (C=O) groups is 1. The second kappa shape index (κ2) is 4.63. The molecule has 4 heteroatoms. The van der Waals surface area contributed by atoms with Crippen LogP contribution < -0.4 is 5.73 Å². The number of hydrogen-bond acceptors (Lipinski definition) is 4. The lowest BCUT2D eigenvalue weighted by Gasteiger charge is -2.07. The van der Waals surface area contributed by atoms with Crippen molar-refractivity contribution in [2.24, 2.45) is 10.7 Å². The number of carbonyl (C=O) groups excluding carboxylic acids is 1. The molecule has 2 N–H and O–H groups in total. The molecule has 1 aromatic carbocycles. The second-order valence-corrected chi connectivity index (χ2v) is 5.78. The molecule has 0 bridgehead atoms. The molecule has 0 radical (unpaired) electrons. The third-order valence-electron chi connectivity index (χ3n) is 3.30. The van der Waals surface area contributed by atoms with Crippen molar-refractivity contribution in [2.45, 2.75) is 19.8 Å². The average Bonchev–Trinajstić information content (AvgIpc) is 2.67. The Morgan fingerprint density at radius 1 is 1.32 bits per heavy atom. The SMILES string of the molecule is Cc1c(Cc2ccccc2)sc2c1C(=O)CC(N)=N2. The summed E-state index contributed by atoms with van der Waals surface area (Å²) in [5, 5.41) is 0.775. The van der Waals surface area contributed by atoms with E-state index in [9.17, 15) is 4.79 Å². The standard InChI is InChI=1S/C15H14N2OS/c1-9-12(7-10-5-3-2-4-6-10)19-15-14(9)11(18)8-13(16)17-15/h2-6H,7-8H2,1H3,(H2,16,17).